The van der Waals surface area contributed by atoms with Crippen LogP contribution in [-0.2, 0) is 9.47 Å². The largest absolute Gasteiger partial charge is 0.497 e. The lowest BCUT2D eigenvalue weighted by Crippen LogP contribution is -2.42. The Morgan fingerprint density at radius 1 is 1.38 bits per heavy atom. The van der Waals surface area contributed by atoms with E-state index in [0.717, 1.165) is 38.8 Å². The van der Waals surface area contributed by atoms with Gasteiger partial charge >= 0.3 is 6.09 Å². The summed E-state index contributed by atoms with van der Waals surface area (Å²) in [4.78, 5) is 14.0. The van der Waals surface area contributed by atoms with Crippen LogP contribution in [0.2, 0.25) is 0 Å². The molecular formula is C16H28N2O3. The fraction of sp³-hybridized carbons (Fsp3) is 0.812. The highest BCUT2D eigenvalue weighted by Crippen LogP contribution is 2.28. The van der Waals surface area contributed by atoms with Crippen molar-refractivity contribution < 1.29 is 14.3 Å². The van der Waals surface area contributed by atoms with Crippen LogP contribution < -0.4 is 5.32 Å². The number of allylic oxidation sites excluding steroid dienone is 1. The lowest BCUT2D eigenvalue weighted by Gasteiger charge is -2.28. The van der Waals surface area contributed by atoms with Gasteiger partial charge in [0.1, 0.15) is 11.7 Å². The van der Waals surface area contributed by atoms with Gasteiger partial charge < -0.3 is 19.7 Å². The van der Waals surface area contributed by atoms with Crippen molar-refractivity contribution in [3.63, 3.8) is 0 Å². The topological polar surface area (TPSA) is 50.8 Å². The van der Waals surface area contributed by atoms with Crippen molar-refractivity contribution in [1.29, 1.82) is 0 Å². The third-order valence-corrected chi connectivity index (χ3v) is 3.54. The molecule has 5 heteroatoms. The number of nitrogens with zero attached hydrogens (tertiary/aromatic N) is 1. The number of ether oxygens (including phenoxy) is 2. The highest BCUT2D eigenvalue weighted by atomic mass is 16.6. The first-order valence-electron chi connectivity index (χ1n) is 7.96. The molecule has 1 N–H and O–H groups in total. The van der Waals surface area contributed by atoms with Gasteiger partial charge in [0.15, 0.2) is 0 Å². The number of hydrogen-bond donors (Lipinski definition) is 1. The molecule has 2 rings (SSSR count). The second-order valence-electron chi connectivity index (χ2n) is 6.82. The van der Waals surface area contributed by atoms with Crippen molar-refractivity contribution in [2.45, 2.75) is 64.2 Å². The number of nitrogens with one attached hydrogen (secondary N) is 1. The van der Waals surface area contributed by atoms with Crippen molar-refractivity contribution in [3.05, 3.63) is 12.3 Å². The molecule has 0 aromatic rings. The smallest absolute Gasteiger partial charge is 0.410 e. The van der Waals surface area contributed by atoms with Crippen LogP contribution in [0, 0.1) is 0 Å². The number of rotatable bonds is 6. The number of amides is 1. The zero-order valence-corrected chi connectivity index (χ0v) is 13.4. The molecule has 0 bridgehead atoms. The summed E-state index contributed by atoms with van der Waals surface area (Å²) in [6.45, 7) is 8.02. The van der Waals surface area contributed by atoms with Crippen LogP contribution in [0.15, 0.2) is 12.3 Å². The molecule has 0 aromatic heterocycles. The number of carbonyl (C=O) groups is 1. The average Bonchev–Trinajstić information content (AvgIpc) is 3.22. The lowest BCUT2D eigenvalue weighted by atomic mass is 10.1. The van der Waals surface area contributed by atoms with Crippen molar-refractivity contribution >= 4 is 6.09 Å². The van der Waals surface area contributed by atoms with Crippen LogP contribution >= 0.6 is 0 Å². The quantitative estimate of drug-likeness (QED) is 0.766. The zero-order chi connectivity index (χ0) is 15.3. The highest BCUT2D eigenvalue weighted by molar-refractivity contribution is 5.69. The van der Waals surface area contributed by atoms with Gasteiger partial charge in [0.2, 0.25) is 0 Å². The molecule has 2 aliphatic rings. The highest BCUT2D eigenvalue weighted by Gasteiger charge is 2.34. The fourth-order valence-electron chi connectivity index (χ4n) is 2.33. The summed E-state index contributed by atoms with van der Waals surface area (Å²) in [5.41, 5.74) is -0.431. The van der Waals surface area contributed by atoms with E-state index in [9.17, 15) is 4.79 Å². The maximum atomic E-state index is 12.2. The molecule has 1 amide bonds. The van der Waals surface area contributed by atoms with Crippen molar-refractivity contribution in [2.24, 2.45) is 0 Å². The van der Waals surface area contributed by atoms with E-state index in [1.807, 2.05) is 31.7 Å². The van der Waals surface area contributed by atoms with Gasteiger partial charge in [-0.2, -0.15) is 0 Å². The minimum atomic E-state index is -0.431. The van der Waals surface area contributed by atoms with Gasteiger partial charge in [0.25, 0.3) is 0 Å². The van der Waals surface area contributed by atoms with Gasteiger partial charge in [-0.15, -0.1) is 0 Å². The van der Waals surface area contributed by atoms with E-state index in [2.05, 4.69) is 5.32 Å². The molecule has 120 valence electrons. The van der Waals surface area contributed by atoms with Gasteiger partial charge in [-0.1, -0.05) is 0 Å². The molecule has 1 atom stereocenters. The maximum Gasteiger partial charge on any atom is 0.410 e. The first kappa shape index (κ1) is 16.1. The Morgan fingerprint density at radius 3 is 2.71 bits per heavy atom. The van der Waals surface area contributed by atoms with Crippen LogP contribution in [-0.4, -0.2) is 48.4 Å². The summed E-state index contributed by atoms with van der Waals surface area (Å²) >= 11 is 0. The molecular weight excluding hydrogens is 268 g/mol. The monoisotopic (exact) mass is 296 g/mol. The van der Waals surface area contributed by atoms with Crippen molar-refractivity contribution in [1.82, 2.24) is 10.2 Å². The van der Waals surface area contributed by atoms with Crippen LogP contribution in [0.4, 0.5) is 4.79 Å². The second kappa shape index (κ2) is 7.16. The molecule has 1 unspecified atom stereocenters. The molecule has 1 aliphatic carbocycles. The van der Waals surface area contributed by atoms with E-state index in [1.165, 1.54) is 0 Å². The Morgan fingerprint density at radius 2 is 2.14 bits per heavy atom. The molecule has 1 saturated carbocycles. The summed E-state index contributed by atoms with van der Waals surface area (Å²) in [5, 5.41) is 3.38. The Bertz CT molecular complexity index is 372. The van der Waals surface area contributed by atoms with Gasteiger partial charge in [-0.3, -0.25) is 0 Å². The molecule has 1 aliphatic heterocycles. The molecule has 5 nitrogen and oxygen atoms in total. The molecule has 0 radical (unpaired) electrons. The number of hydrogen-bond acceptors (Lipinski definition) is 4. The van der Waals surface area contributed by atoms with E-state index in [4.69, 9.17) is 9.47 Å². The third kappa shape index (κ3) is 5.96. The molecule has 0 aromatic carbocycles. The maximum absolute atomic E-state index is 12.2. The Hall–Kier alpha value is -1.23. The van der Waals surface area contributed by atoms with E-state index < -0.39 is 5.60 Å². The predicted molar refractivity (Wildman–Crippen MR) is 82.1 cm³/mol. The molecule has 21 heavy (non-hydrogen) atoms. The van der Waals surface area contributed by atoms with Crippen LogP contribution in [0.25, 0.3) is 0 Å². The normalized spacial score (nSPS) is 21.8. The minimum Gasteiger partial charge on any atom is -0.497 e. The molecule has 0 spiro atoms. The molecule has 1 fully saturated rings. The average molecular weight is 296 g/mol. The van der Waals surface area contributed by atoms with Crippen molar-refractivity contribution in [3.8, 4) is 0 Å². The molecule has 1 heterocycles. The standard InChI is InChI=1S/C16H28N2O3/c1-16(2,3)21-15(19)18(13-7-8-13)10-9-17-12-14-6-4-5-11-20-14/h5,11,13-14,17H,4,6-10,12H2,1-3H3. The first-order chi connectivity index (χ1) is 9.96. The van der Waals surface area contributed by atoms with Crippen LogP contribution in [0.5, 0.6) is 0 Å². The van der Waals surface area contributed by atoms with Gasteiger partial charge in [-0.05, 0) is 52.5 Å². The molecule has 0 saturated heterocycles. The van der Waals surface area contributed by atoms with Crippen molar-refractivity contribution in [2.75, 3.05) is 19.6 Å². The van der Waals surface area contributed by atoms with Gasteiger partial charge in [0, 0.05) is 25.7 Å². The first-order valence-corrected chi connectivity index (χ1v) is 7.96. The zero-order valence-electron chi connectivity index (χ0n) is 13.4. The summed E-state index contributed by atoms with van der Waals surface area (Å²) in [7, 11) is 0. The SMILES string of the molecule is CC(C)(C)OC(=O)N(CCNCC1CCC=CO1)C1CC1. The van der Waals surface area contributed by atoms with Gasteiger partial charge in [-0.25, -0.2) is 4.79 Å². The van der Waals surface area contributed by atoms with Crippen LogP contribution in [0.3, 0.4) is 0 Å². The Kier molecular flexibility index (Phi) is 5.51. The predicted octanol–water partition coefficient (Wildman–Crippen LogP) is 2.67. The Balaban J connectivity index is 1.68. The van der Waals surface area contributed by atoms with Crippen LogP contribution in [0.1, 0.15) is 46.5 Å². The summed E-state index contributed by atoms with van der Waals surface area (Å²) in [6.07, 6.45) is 8.22. The summed E-state index contributed by atoms with van der Waals surface area (Å²) in [5.74, 6) is 0. The minimum absolute atomic E-state index is 0.191. The Labute approximate surface area is 127 Å². The van der Waals surface area contributed by atoms with E-state index in [-0.39, 0.29) is 12.2 Å². The lowest BCUT2D eigenvalue weighted by molar-refractivity contribution is 0.0234. The van der Waals surface area contributed by atoms with Gasteiger partial charge in [0.05, 0.1) is 6.26 Å². The number of carbonyl (C=O) groups excluding carboxylic acids is 1. The summed E-state index contributed by atoms with van der Waals surface area (Å²) < 4.78 is 11.0. The second-order valence-corrected chi connectivity index (χ2v) is 6.82. The van der Waals surface area contributed by atoms with E-state index in [1.54, 1.807) is 6.26 Å². The van der Waals surface area contributed by atoms with E-state index >= 15 is 0 Å². The van der Waals surface area contributed by atoms with E-state index in [0.29, 0.717) is 12.6 Å². The fourth-order valence-corrected chi connectivity index (χ4v) is 2.33. The summed E-state index contributed by atoms with van der Waals surface area (Å²) in [6, 6.07) is 0.371. The third-order valence-electron chi connectivity index (χ3n) is 3.54.